The molecular formula is C24H27FN4O8. The standard InChI is InChI=1S/C24H27FN4O8/c1-36-17-8-6-14(7-9-17)12-28(35)23(33)20(31)19(13-30)37-24(23,34)29-21(26)16(11-27-22(29)32)10-15-4-2-3-5-18(15)25/h2-9,11,19-20,30-31,33-35H,10,12-13,26H2,1H3/t19-,20-,23-,24-/m1/s1. The van der Waals surface area contributed by atoms with Crippen LogP contribution in [0.25, 0.3) is 0 Å². The van der Waals surface area contributed by atoms with Crippen molar-refractivity contribution in [2.24, 2.45) is 0 Å². The van der Waals surface area contributed by atoms with Crippen molar-refractivity contribution in [2.75, 3.05) is 19.5 Å². The molecule has 1 fully saturated rings. The van der Waals surface area contributed by atoms with Gasteiger partial charge in [0, 0.05) is 18.2 Å². The molecule has 12 nitrogen and oxygen atoms in total. The molecule has 1 saturated heterocycles. The van der Waals surface area contributed by atoms with Gasteiger partial charge in [-0.15, -0.1) is 5.06 Å². The van der Waals surface area contributed by atoms with Gasteiger partial charge in [0.1, 0.15) is 29.6 Å². The van der Waals surface area contributed by atoms with Gasteiger partial charge in [-0.3, -0.25) is 0 Å². The minimum absolute atomic E-state index is 0.0747. The largest absolute Gasteiger partial charge is 0.497 e. The first-order valence-corrected chi connectivity index (χ1v) is 11.2. The minimum Gasteiger partial charge on any atom is -0.497 e. The van der Waals surface area contributed by atoms with E-state index in [1.165, 1.54) is 25.3 Å². The minimum atomic E-state index is -3.24. The van der Waals surface area contributed by atoms with E-state index < -0.39 is 54.3 Å². The predicted octanol–water partition coefficient (Wildman–Crippen LogP) is -0.501. The Morgan fingerprint density at radius 3 is 2.49 bits per heavy atom. The number of aliphatic hydroxyl groups excluding tert-OH is 2. The smallest absolute Gasteiger partial charge is 0.353 e. The van der Waals surface area contributed by atoms with Crippen molar-refractivity contribution in [1.82, 2.24) is 14.6 Å². The summed E-state index contributed by atoms with van der Waals surface area (Å²) >= 11 is 0. The van der Waals surface area contributed by atoms with Crippen molar-refractivity contribution in [3.05, 3.63) is 87.7 Å². The fourth-order valence-electron chi connectivity index (χ4n) is 4.29. The summed E-state index contributed by atoms with van der Waals surface area (Å²) in [6.45, 7) is -1.38. The van der Waals surface area contributed by atoms with Crippen LogP contribution < -0.4 is 16.2 Å². The highest BCUT2D eigenvalue weighted by Crippen LogP contribution is 2.44. The van der Waals surface area contributed by atoms with E-state index in [1.807, 2.05) is 0 Å². The van der Waals surface area contributed by atoms with Crippen LogP contribution in [0.3, 0.4) is 0 Å². The number of nitrogens with two attached hydrogens (primary N) is 1. The highest BCUT2D eigenvalue weighted by Gasteiger charge is 2.70. The van der Waals surface area contributed by atoms with Crippen LogP contribution in [-0.2, 0) is 23.6 Å². The quantitative estimate of drug-likeness (QED) is 0.167. The molecule has 13 heteroatoms. The lowest BCUT2D eigenvalue weighted by atomic mass is 9.99. The molecule has 0 spiro atoms. The number of aromatic nitrogens is 2. The Hall–Kier alpha value is -3.43. The van der Waals surface area contributed by atoms with Gasteiger partial charge in [-0.1, -0.05) is 30.3 Å². The Bertz CT molecular complexity index is 1320. The summed E-state index contributed by atoms with van der Waals surface area (Å²) in [4.78, 5) is 16.5. The molecule has 4 rings (SSSR count). The second-order valence-electron chi connectivity index (χ2n) is 8.58. The topological polar surface area (TPSA) is 184 Å². The van der Waals surface area contributed by atoms with Gasteiger partial charge in [0.25, 0.3) is 0 Å². The van der Waals surface area contributed by atoms with Gasteiger partial charge >= 0.3 is 11.6 Å². The molecule has 3 aromatic rings. The second-order valence-corrected chi connectivity index (χ2v) is 8.58. The summed E-state index contributed by atoms with van der Waals surface area (Å²) < 4.78 is 25.0. The van der Waals surface area contributed by atoms with E-state index in [0.29, 0.717) is 15.9 Å². The van der Waals surface area contributed by atoms with E-state index in [-0.39, 0.29) is 22.6 Å². The van der Waals surface area contributed by atoms with Crippen LogP contribution in [0.1, 0.15) is 16.7 Å². The molecular weight excluding hydrogens is 491 g/mol. The first-order valence-electron chi connectivity index (χ1n) is 11.2. The Kier molecular flexibility index (Phi) is 7.30. The van der Waals surface area contributed by atoms with E-state index >= 15 is 0 Å². The zero-order valence-corrected chi connectivity index (χ0v) is 19.7. The predicted molar refractivity (Wildman–Crippen MR) is 126 cm³/mol. The number of anilines is 1. The molecule has 198 valence electrons. The molecule has 0 radical (unpaired) electrons. The molecule has 0 unspecified atom stereocenters. The highest BCUT2D eigenvalue weighted by atomic mass is 19.1. The zero-order chi connectivity index (χ0) is 27.0. The van der Waals surface area contributed by atoms with Crippen molar-refractivity contribution in [3.8, 4) is 5.75 Å². The van der Waals surface area contributed by atoms with Crippen LogP contribution in [0, 0.1) is 5.82 Å². The molecule has 1 aliphatic heterocycles. The molecule has 4 atom stereocenters. The maximum Gasteiger partial charge on any atom is 0.353 e. The van der Waals surface area contributed by atoms with Gasteiger partial charge in [-0.2, -0.15) is 0 Å². The number of benzene rings is 2. The Labute approximate surface area is 210 Å². The third-order valence-electron chi connectivity index (χ3n) is 6.36. The van der Waals surface area contributed by atoms with Crippen LogP contribution in [0.15, 0.2) is 59.5 Å². The Balaban J connectivity index is 1.79. The third-order valence-corrected chi connectivity index (χ3v) is 6.36. The average molecular weight is 518 g/mol. The molecule has 7 N–H and O–H groups in total. The van der Waals surface area contributed by atoms with Gasteiger partial charge in [0.15, 0.2) is 0 Å². The second kappa shape index (κ2) is 10.1. The van der Waals surface area contributed by atoms with E-state index in [0.717, 1.165) is 6.20 Å². The Morgan fingerprint density at radius 2 is 1.86 bits per heavy atom. The number of hydroxylamine groups is 2. The molecule has 2 aromatic carbocycles. The van der Waals surface area contributed by atoms with Gasteiger partial charge in [-0.05, 0) is 29.3 Å². The lowest BCUT2D eigenvalue weighted by molar-refractivity contribution is -0.413. The summed E-state index contributed by atoms with van der Waals surface area (Å²) in [7, 11) is 1.47. The number of rotatable bonds is 8. The number of nitrogen functional groups attached to an aromatic ring is 1. The summed E-state index contributed by atoms with van der Waals surface area (Å²) in [5.74, 6) is -3.75. The average Bonchev–Trinajstić information content (AvgIpc) is 3.09. The maximum atomic E-state index is 14.2. The van der Waals surface area contributed by atoms with Crippen LogP contribution in [0.4, 0.5) is 10.2 Å². The van der Waals surface area contributed by atoms with Crippen LogP contribution >= 0.6 is 0 Å². The fraction of sp³-hybridized carbons (Fsp3) is 0.333. The van der Waals surface area contributed by atoms with Crippen molar-refractivity contribution >= 4 is 5.82 Å². The molecule has 1 aromatic heterocycles. The summed E-state index contributed by atoms with van der Waals surface area (Å²) in [5.41, 5.74) is 2.52. The zero-order valence-electron chi connectivity index (χ0n) is 19.7. The monoisotopic (exact) mass is 518 g/mol. The maximum absolute atomic E-state index is 14.2. The van der Waals surface area contributed by atoms with Crippen molar-refractivity contribution < 1.29 is 39.5 Å². The number of hydrogen-bond acceptors (Lipinski definition) is 11. The van der Waals surface area contributed by atoms with Crippen molar-refractivity contribution in [2.45, 2.75) is 36.8 Å². The normalized spacial score (nSPS) is 25.5. The number of halogens is 1. The lowest BCUT2D eigenvalue weighted by Gasteiger charge is -2.42. The number of methoxy groups -OCH3 is 1. The number of ether oxygens (including phenoxy) is 2. The van der Waals surface area contributed by atoms with Crippen molar-refractivity contribution in [3.63, 3.8) is 0 Å². The van der Waals surface area contributed by atoms with E-state index in [4.69, 9.17) is 15.2 Å². The van der Waals surface area contributed by atoms with E-state index in [1.54, 1.807) is 30.3 Å². The SMILES string of the molecule is COc1ccc(CN(O)[C@@]2(O)[C@H](O)[C@@H](CO)O[C@@]2(O)n2c(N)c(Cc3ccccc3F)cnc2=O)cc1. The number of hydrogen-bond donors (Lipinski definition) is 6. The number of aliphatic hydroxyl groups is 4. The lowest BCUT2D eigenvalue weighted by Crippen LogP contribution is -2.68. The molecule has 37 heavy (non-hydrogen) atoms. The number of nitrogens with zero attached hydrogens (tertiary/aromatic N) is 3. The fourth-order valence-corrected chi connectivity index (χ4v) is 4.29. The van der Waals surface area contributed by atoms with Crippen molar-refractivity contribution in [1.29, 1.82) is 0 Å². The highest BCUT2D eigenvalue weighted by molar-refractivity contribution is 5.43. The van der Waals surface area contributed by atoms with Crippen LogP contribution in [0.2, 0.25) is 0 Å². The van der Waals surface area contributed by atoms with Gasteiger partial charge < -0.3 is 40.8 Å². The first-order chi connectivity index (χ1) is 17.6. The summed E-state index contributed by atoms with van der Waals surface area (Å²) in [6.07, 6.45) is -2.86. The molecule has 1 aliphatic rings. The van der Waals surface area contributed by atoms with Gasteiger partial charge in [-0.25, -0.2) is 18.7 Å². The van der Waals surface area contributed by atoms with Crippen LogP contribution in [-0.4, -0.2) is 71.9 Å². The molecule has 0 saturated carbocycles. The van der Waals surface area contributed by atoms with Gasteiger partial charge in [0.2, 0.25) is 5.72 Å². The molecule has 2 heterocycles. The molecule has 0 aliphatic carbocycles. The Morgan fingerprint density at radius 1 is 1.19 bits per heavy atom. The van der Waals surface area contributed by atoms with Gasteiger partial charge in [0.05, 0.1) is 20.3 Å². The third kappa shape index (κ3) is 4.46. The van der Waals surface area contributed by atoms with E-state index in [9.17, 15) is 34.8 Å². The molecule has 0 amide bonds. The van der Waals surface area contributed by atoms with Crippen LogP contribution in [0.5, 0.6) is 5.75 Å². The molecule has 0 bridgehead atoms. The summed E-state index contributed by atoms with van der Waals surface area (Å²) in [6, 6.07) is 12.1. The summed E-state index contributed by atoms with van der Waals surface area (Å²) in [5, 5.41) is 54.8. The first kappa shape index (κ1) is 26.6. The van der Waals surface area contributed by atoms with E-state index in [2.05, 4.69) is 4.98 Å².